The van der Waals surface area contributed by atoms with Gasteiger partial charge in [-0.2, -0.15) is 35.9 Å². The van der Waals surface area contributed by atoms with Crippen LogP contribution in [0.5, 0.6) is 0 Å². The zero-order valence-corrected chi connectivity index (χ0v) is 16.8. The Labute approximate surface area is 161 Å². The number of aryl methyl sites for hydroxylation is 1. The fourth-order valence-electron chi connectivity index (χ4n) is 1.48. The quantitative estimate of drug-likeness (QED) is 0.447. The van der Waals surface area contributed by atoms with Crippen LogP contribution >= 0.6 is 0 Å². The third kappa shape index (κ3) is 11.9. The maximum Gasteiger partial charge on any atom is -0.0860 e. The Hall–Kier alpha value is -0.747. The SMILES string of the molecule is C[C](=[Zr+2])c1ccccc1.C[c-]1cccc1.[Cl-].[Cl-].c1cc[cH-]c1. The molecule has 0 bridgehead atoms. The Morgan fingerprint density at radius 3 is 1.59 bits per heavy atom. The van der Waals surface area contributed by atoms with Crippen molar-refractivity contribution in [2.24, 2.45) is 0 Å². The Morgan fingerprint density at radius 1 is 0.864 bits per heavy atom. The van der Waals surface area contributed by atoms with Gasteiger partial charge in [-0.3, -0.25) is 0 Å². The van der Waals surface area contributed by atoms with Gasteiger partial charge in [-0.15, -0.1) is 0 Å². The molecule has 0 heterocycles. The molecule has 0 saturated heterocycles. The molecular formula is C19H20Cl2Zr-2. The molecule has 0 amide bonds. The van der Waals surface area contributed by atoms with E-state index in [4.69, 9.17) is 0 Å². The minimum atomic E-state index is 0. The molecule has 0 spiro atoms. The van der Waals surface area contributed by atoms with Crippen molar-refractivity contribution in [2.45, 2.75) is 13.8 Å². The molecule has 22 heavy (non-hydrogen) atoms. The molecule has 3 aromatic carbocycles. The second-order valence-electron chi connectivity index (χ2n) is 4.42. The third-order valence-corrected chi connectivity index (χ3v) is 3.30. The van der Waals surface area contributed by atoms with Crippen molar-refractivity contribution >= 4 is 3.21 Å². The summed E-state index contributed by atoms with van der Waals surface area (Å²) < 4.78 is 1.46. The predicted molar refractivity (Wildman–Crippen MR) is 85.0 cm³/mol. The van der Waals surface area contributed by atoms with E-state index in [1.807, 2.05) is 48.5 Å². The van der Waals surface area contributed by atoms with E-state index >= 15 is 0 Å². The van der Waals surface area contributed by atoms with Crippen LogP contribution < -0.4 is 24.8 Å². The van der Waals surface area contributed by atoms with Crippen LogP contribution in [0.1, 0.15) is 18.1 Å². The minimum absolute atomic E-state index is 0. The number of benzene rings is 1. The largest absolute Gasteiger partial charge is 1.00 e. The average Bonchev–Trinajstić information content (AvgIpc) is 3.16. The summed E-state index contributed by atoms with van der Waals surface area (Å²) >= 11 is 1.51. The van der Waals surface area contributed by atoms with Gasteiger partial charge in [-0.05, 0) is 0 Å². The van der Waals surface area contributed by atoms with E-state index in [2.05, 4.69) is 50.2 Å². The van der Waals surface area contributed by atoms with Crippen molar-refractivity contribution in [1.29, 1.82) is 0 Å². The van der Waals surface area contributed by atoms with Gasteiger partial charge < -0.3 is 24.8 Å². The number of hydrogen-bond donors (Lipinski definition) is 0. The van der Waals surface area contributed by atoms with E-state index in [0.717, 1.165) is 0 Å². The van der Waals surface area contributed by atoms with Crippen molar-refractivity contribution in [2.75, 3.05) is 0 Å². The molecule has 0 radical (unpaired) electrons. The summed E-state index contributed by atoms with van der Waals surface area (Å²) in [5, 5.41) is 0. The standard InChI is InChI=1S/C8H8.C6H7.C5H5.2ClH.Zr/c1-2-8-6-4-3-5-7-8;1-6-4-2-3-5-6;1-2-4-5-3-1;;;/h3-7H,1H3;2-5H,1H3;1-5H;2*1H;/q;2*-1;;;+2/p-2. The second kappa shape index (κ2) is 15.2. The Kier molecular flexibility index (Phi) is 16.2. The van der Waals surface area contributed by atoms with Gasteiger partial charge in [0.05, 0.1) is 0 Å². The molecule has 3 aromatic rings. The number of rotatable bonds is 1. The second-order valence-corrected chi connectivity index (χ2v) is 6.26. The summed E-state index contributed by atoms with van der Waals surface area (Å²) in [6.45, 7) is 4.24. The van der Waals surface area contributed by atoms with Gasteiger partial charge >= 0.3 is 70.3 Å². The molecule has 0 aliphatic heterocycles. The van der Waals surface area contributed by atoms with Crippen LogP contribution in [0.3, 0.4) is 0 Å². The fraction of sp³-hybridized carbons (Fsp3) is 0.105. The molecule has 0 saturated carbocycles. The molecule has 0 aromatic heterocycles. The first kappa shape index (κ1) is 23.5. The van der Waals surface area contributed by atoms with Crippen LogP contribution in [0.25, 0.3) is 0 Å². The molecule has 0 atom stereocenters. The van der Waals surface area contributed by atoms with Crippen LogP contribution in [0, 0.1) is 6.92 Å². The van der Waals surface area contributed by atoms with E-state index in [9.17, 15) is 0 Å². The molecule has 0 fully saturated rings. The third-order valence-electron chi connectivity index (χ3n) is 2.59. The fourth-order valence-corrected chi connectivity index (χ4v) is 1.89. The molecule has 3 rings (SSSR count). The molecule has 0 aliphatic rings. The Morgan fingerprint density at radius 2 is 1.36 bits per heavy atom. The molecule has 3 heteroatoms. The zero-order chi connectivity index (χ0) is 14.6. The summed E-state index contributed by atoms with van der Waals surface area (Å²) in [5.41, 5.74) is 2.71. The van der Waals surface area contributed by atoms with Crippen molar-refractivity contribution in [3.8, 4) is 0 Å². The van der Waals surface area contributed by atoms with Crippen molar-refractivity contribution < 1.29 is 49.0 Å². The predicted octanol–water partition coefficient (Wildman–Crippen LogP) is -1.10. The molecular weight excluding hydrogens is 390 g/mol. The smallest absolute Gasteiger partial charge is 0.0860 e. The topological polar surface area (TPSA) is 0 Å². The molecule has 116 valence electrons. The van der Waals surface area contributed by atoms with Crippen LogP contribution in [0.15, 0.2) is 84.9 Å². The van der Waals surface area contributed by atoms with Crippen molar-refractivity contribution in [3.63, 3.8) is 0 Å². The summed E-state index contributed by atoms with van der Waals surface area (Å²) in [5.74, 6) is 0. The van der Waals surface area contributed by atoms with Crippen LogP contribution in [-0.2, 0) is 24.2 Å². The maximum atomic E-state index is 2.16. The van der Waals surface area contributed by atoms with Gasteiger partial charge in [0, 0.05) is 0 Å². The van der Waals surface area contributed by atoms with Crippen LogP contribution in [-0.4, -0.2) is 3.21 Å². The summed E-state index contributed by atoms with van der Waals surface area (Å²) in [7, 11) is 0. The van der Waals surface area contributed by atoms with E-state index in [0.29, 0.717) is 0 Å². The maximum absolute atomic E-state index is 2.16. The zero-order valence-electron chi connectivity index (χ0n) is 12.8. The van der Waals surface area contributed by atoms with Crippen LogP contribution in [0.4, 0.5) is 0 Å². The normalized spacial score (nSPS) is 8.00. The van der Waals surface area contributed by atoms with Gasteiger partial charge in [-0.1, -0.05) is 6.92 Å². The first-order valence-corrected chi connectivity index (χ1v) is 7.88. The average molecular weight is 410 g/mol. The summed E-state index contributed by atoms with van der Waals surface area (Å²) in [6.07, 6.45) is 0. The van der Waals surface area contributed by atoms with Gasteiger partial charge in [0.2, 0.25) is 0 Å². The van der Waals surface area contributed by atoms with Gasteiger partial charge in [0.25, 0.3) is 0 Å². The van der Waals surface area contributed by atoms with Gasteiger partial charge in [-0.25, -0.2) is 24.3 Å². The van der Waals surface area contributed by atoms with Crippen LogP contribution in [0.2, 0.25) is 0 Å². The first-order valence-electron chi connectivity index (χ1n) is 6.65. The van der Waals surface area contributed by atoms with E-state index < -0.39 is 0 Å². The monoisotopic (exact) mass is 408 g/mol. The molecule has 0 N–H and O–H groups in total. The van der Waals surface area contributed by atoms with E-state index in [-0.39, 0.29) is 24.8 Å². The number of hydrogen-bond acceptors (Lipinski definition) is 0. The van der Waals surface area contributed by atoms with E-state index in [1.165, 1.54) is 38.6 Å². The van der Waals surface area contributed by atoms with E-state index in [1.54, 1.807) is 0 Å². The van der Waals surface area contributed by atoms with Crippen molar-refractivity contribution in [3.05, 3.63) is 96.1 Å². The molecule has 0 aliphatic carbocycles. The van der Waals surface area contributed by atoms with Gasteiger partial charge in [0.15, 0.2) is 0 Å². The minimum Gasteiger partial charge on any atom is -1.00 e. The first-order chi connectivity index (χ1) is 9.70. The van der Waals surface area contributed by atoms with Gasteiger partial charge in [0.1, 0.15) is 0 Å². The summed E-state index contributed by atoms with van der Waals surface area (Å²) in [4.78, 5) is 0. The Bertz CT molecular complexity index is 538. The Balaban J connectivity index is 0. The summed E-state index contributed by atoms with van der Waals surface area (Å²) in [6, 6.07) is 28.7. The molecule has 0 unspecified atom stereocenters. The van der Waals surface area contributed by atoms with Crippen molar-refractivity contribution in [1.82, 2.24) is 0 Å². The number of halogens is 2. The molecule has 0 nitrogen and oxygen atoms in total.